The number of likely N-dealkylation sites (N-methyl/N-ethyl adjacent to an activating group) is 1. The lowest BCUT2D eigenvalue weighted by molar-refractivity contribution is -0.870. The zero-order chi connectivity index (χ0) is 46.2. The largest absolute Gasteiger partial charge is 0.472 e. The minimum atomic E-state index is -4.28. The average Bonchev–Trinajstić information content (AvgIpc) is 3.24. The molecule has 0 amide bonds. The highest BCUT2D eigenvalue weighted by Gasteiger charge is 2.26. The van der Waals surface area contributed by atoms with E-state index in [4.69, 9.17) is 18.5 Å². The Morgan fingerprint density at radius 3 is 1.32 bits per heavy atom. The summed E-state index contributed by atoms with van der Waals surface area (Å²) in [6, 6.07) is 0. The fourth-order valence-corrected chi connectivity index (χ4v) is 8.00. The molecule has 1 N–H and O–H groups in total. The van der Waals surface area contributed by atoms with Gasteiger partial charge >= 0.3 is 13.8 Å². The molecule has 63 heavy (non-hydrogen) atoms. The number of quaternary nitrogens is 1. The first kappa shape index (κ1) is 61.5. The van der Waals surface area contributed by atoms with Crippen molar-refractivity contribution in [3.05, 3.63) is 48.6 Å². The minimum Gasteiger partial charge on any atom is -0.457 e. The molecule has 2 atom stereocenters. The molecule has 0 aliphatic heterocycles. The van der Waals surface area contributed by atoms with Crippen LogP contribution in [0.3, 0.4) is 0 Å². The number of phosphoric ester groups is 1. The maximum atomic E-state index is 12.8. The SMILES string of the molecule is CCCCC/C=C\C/C=C\CCCCCCCCOCC(COP(=O)(O)OCC[N+](C)(C)C)OC(=O)CCCCCCCCCCCCCCC/C=C\C/C=C\CCCCCCC. The first-order chi connectivity index (χ1) is 30.6. The summed E-state index contributed by atoms with van der Waals surface area (Å²) in [6.07, 6.45) is 58.7. The Morgan fingerprint density at radius 1 is 0.492 bits per heavy atom. The molecule has 0 heterocycles. The molecule has 2 unspecified atom stereocenters. The Balaban J connectivity index is 4.10. The molecule has 0 fully saturated rings. The molecule has 0 aliphatic rings. The lowest BCUT2D eigenvalue weighted by Crippen LogP contribution is -2.37. The van der Waals surface area contributed by atoms with E-state index in [1.807, 2.05) is 21.1 Å². The molecule has 0 radical (unpaired) electrons. The summed E-state index contributed by atoms with van der Waals surface area (Å²) in [4.78, 5) is 23.0. The second kappa shape index (κ2) is 47.0. The summed E-state index contributed by atoms with van der Waals surface area (Å²) in [7, 11) is 1.66. The first-order valence-corrected chi connectivity index (χ1v) is 27.9. The molecule has 0 rings (SSSR count). The van der Waals surface area contributed by atoms with Crippen LogP contribution in [0, 0.1) is 0 Å². The summed E-state index contributed by atoms with van der Waals surface area (Å²) in [5, 5.41) is 0. The highest BCUT2D eigenvalue weighted by Crippen LogP contribution is 2.43. The topological polar surface area (TPSA) is 91.3 Å². The molecular weight excluding hydrogens is 806 g/mol. The molecule has 0 aromatic heterocycles. The number of allylic oxidation sites excluding steroid dienone is 8. The molecule has 0 aromatic carbocycles. The number of phosphoric acid groups is 1. The van der Waals surface area contributed by atoms with Crippen molar-refractivity contribution in [1.82, 2.24) is 0 Å². The highest BCUT2D eigenvalue weighted by atomic mass is 31.2. The number of carbonyl (C=O) groups is 1. The third kappa shape index (κ3) is 51.3. The van der Waals surface area contributed by atoms with Crippen molar-refractivity contribution in [2.24, 2.45) is 0 Å². The van der Waals surface area contributed by atoms with Crippen molar-refractivity contribution >= 4 is 13.8 Å². The highest BCUT2D eigenvalue weighted by molar-refractivity contribution is 7.47. The quantitative estimate of drug-likeness (QED) is 0.0214. The molecule has 370 valence electrons. The van der Waals surface area contributed by atoms with Crippen LogP contribution in [-0.2, 0) is 27.9 Å². The monoisotopic (exact) mass is 909 g/mol. The van der Waals surface area contributed by atoms with Crippen LogP contribution in [0.2, 0.25) is 0 Å². The van der Waals surface area contributed by atoms with Gasteiger partial charge in [0.25, 0.3) is 0 Å². The predicted molar refractivity (Wildman–Crippen MR) is 270 cm³/mol. The number of nitrogens with zero attached hydrogens (tertiary/aromatic N) is 1. The van der Waals surface area contributed by atoms with E-state index in [2.05, 4.69) is 62.5 Å². The summed E-state index contributed by atoms with van der Waals surface area (Å²) in [6.45, 7) is 5.59. The number of carbonyl (C=O) groups excluding carboxylic acids is 1. The van der Waals surface area contributed by atoms with Crippen molar-refractivity contribution in [1.29, 1.82) is 0 Å². The Labute approximate surface area is 390 Å². The third-order valence-electron chi connectivity index (χ3n) is 11.4. The van der Waals surface area contributed by atoms with Gasteiger partial charge in [0.05, 0.1) is 34.4 Å². The molecule has 8 nitrogen and oxygen atoms in total. The van der Waals surface area contributed by atoms with Gasteiger partial charge in [0, 0.05) is 13.0 Å². The van der Waals surface area contributed by atoms with Crippen LogP contribution in [0.4, 0.5) is 0 Å². The Bertz CT molecular complexity index is 1150. The summed E-state index contributed by atoms with van der Waals surface area (Å²) < 4.78 is 35.1. The van der Waals surface area contributed by atoms with Crippen molar-refractivity contribution in [2.75, 3.05) is 54.1 Å². The lowest BCUT2D eigenvalue weighted by atomic mass is 10.0. The van der Waals surface area contributed by atoms with E-state index in [1.165, 1.54) is 161 Å². The number of hydrogen-bond donors (Lipinski definition) is 1. The number of hydrogen-bond acceptors (Lipinski definition) is 6. The van der Waals surface area contributed by atoms with Crippen LogP contribution in [0.25, 0.3) is 0 Å². The van der Waals surface area contributed by atoms with Gasteiger partial charge in [-0.3, -0.25) is 13.8 Å². The average molecular weight is 909 g/mol. The van der Waals surface area contributed by atoms with Crippen molar-refractivity contribution in [3.8, 4) is 0 Å². The maximum absolute atomic E-state index is 12.8. The van der Waals surface area contributed by atoms with Gasteiger partial charge in [0.1, 0.15) is 19.3 Å². The van der Waals surface area contributed by atoms with Gasteiger partial charge in [-0.1, -0.05) is 197 Å². The van der Waals surface area contributed by atoms with Gasteiger partial charge in [-0.25, -0.2) is 4.57 Å². The zero-order valence-corrected chi connectivity index (χ0v) is 43.0. The van der Waals surface area contributed by atoms with Crippen LogP contribution < -0.4 is 0 Å². The van der Waals surface area contributed by atoms with Gasteiger partial charge in [0.2, 0.25) is 0 Å². The van der Waals surface area contributed by atoms with Crippen LogP contribution in [-0.4, -0.2) is 75.6 Å². The molecule has 0 spiro atoms. The number of ether oxygens (including phenoxy) is 2. The Morgan fingerprint density at radius 2 is 0.873 bits per heavy atom. The predicted octanol–water partition coefficient (Wildman–Crippen LogP) is 16.3. The fourth-order valence-electron chi connectivity index (χ4n) is 7.26. The van der Waals surface area contributed by atoms with E-state index in [1.54, 1.807) is 0 Å². The molecule has 0 aliphatic carbocycles. The van der Waals surface area contributed by atoms with Crippen molar-refractivity contribution in [2.45, 2.75) is 238 Å². The molecule has 0 aromatic rings. The normalized spacial score (nSPS) is 13.9. The van der Waals surface area contributed by atoms with Crippen molar-refractivity contribution in [3.63, 3.8) is 0 Å². The van der Waals surface area contributed by atoms with E-state index in [0.717, 1.165) is 51.4 Å². The summed E-state index contributed by atoms with van der Waals surface area (Å²) in [5.41, 5.74) is 0. The van der Waals surface area contributed by atoms with Gasteiger partial charge < -0.3 is 18.9 Å². The van der Waals surface area contributed by atoms with E-state index in [-0.39, 0.29) is 25.8 Å². The second-order valence-electron chi connectivity index (χ2n) is 18.9. The number of rotatable bonds is 49. The van der Waals surface area contributed by atoms with Gasteiger partial charge in [0.15, 0.2) is 0 Å². The standard InChI is InChI=1S/C54H102NO7P/c1-6-8-10-12-14-16-18-20-22-24-25-26-27-28-29-30-31-32-33-35-37-39-41-43-45-47-54(56)62-53(52-61-63(57,58)60-50-48-55(3,4)5)51-59-49-46-44-42-40-38-36-34-23-21-19-17-15-13-11-9-7-2/h15,17-18,20-21,23-25,53H,6-14,16,19,22,26-52H2,1-5H3/p+1/b17-15-,20-18-,23-21-,25-24-. The maximum Gasteiger partial charge on any atom is 0.472 e. The van der Waals surface area contributed by atoms with Crippen LogP contribution in [0.5, 0.6) is 0 Å². The van der Waals surface area contributed by atoms with Gasteiger partial charge in [-0.05, 0) is 77.0 Å². The lowest BCUT2D eigenvalue weighted by Gasteiger charge is -2.24. The smallest absolute Gasteiger partial charge is 0.457 e. The van der Waals surface area contributed by atoms with E-state index in [9.17, 15) is 14.3 Å². The van der Waals surface area contributed by atoms with Gasteiger partial charge in [-0.15, -0.1) is 0 Å². The molecule has 0 bridgehead atoms. The molecular formula is C54H103NO7P+. The van der Waals surface area contributed by atoms with Gasteiger partial charge in [-0.2, -0.15) is 0 Å². The molecule has 0 saturated carbocycles. The second-order valence-corrected chi connectivity index (χ2v) is 20.4. The van der Waals surface area contributed by atoms with E-state index in [0.29, 0.717) is 24.1 Å². The molecule has 9 heteroatoms. The Hall–Kier alpha value is -1.54. The van der Waals surface area contributed by atoms with Crippen LogP contribution >= 0.6 is 7.82 Å². The first-order valence-electron chi connectivity index (χ1n) is 26.4. The Kier molecular flexibility index (Phi) is 45.8. The van der Waals surface area contributed by atoms with Crippen LogP contribution in [0.15, 0.2) is 48.6 Å². The van der Waals surface area contributed by atoms with Crippen LogP contribution in [0.1, 0.15) is 232 Å². The minimum absolute atomic E-state index is 0.0857. The van der Waals surface area contributed by atoms with Crippen molar-refractivity contribution < 1.29 is 37.3 Å². The van der Waals surface area contributed by atoms with E-state index >= 15 is 0 Å². The summed E-state index contributed by atoms with van der Waals surface area (Å²) in [5.74, 6) is -0.317. The fraction of sp³-hybridized carbons (Fsp3) is 0.833. The number of esters is 1. The van der Waals surface area contributed by atoms with E-state index < -0.39 is 13.9 Å². The number of unbranched alkanes of at least 4 members (excludes halogenated alkanes) is 27. The molecule has 0 saturated heterocycles. The zero-order valence-electron chi connectivity index (χ0n) is 42.1. The summed E-state index contributed by atoms with van der Waals surface area (Å²) >= 11 is 0. The third-order valence-corrected chi connectivity index (χ3v) is 12.3.